The molecule has 1 aliphatic rings. The Kier molecular flexibility index (Phi) is 6.52. The highest BCUT2D eigenvalue weighted by atomic mass is 35.5. The summed E-state index contributed by atoms with van der Waals surface area (Å²) in [6, 6.07) is 9.51. The first-order chi connectivity index (χ1) is 14.3. The van der Waals surface area contributed by atoms with Crippen LogP contribution in [0.3, 0.4) is 0 Å². The van der Waals surface area contributed by atoms with Gasteiger partial charge >= 0.3 is 0 Å². The van der Waals surface area contributed by atoms with Gasteiger partial charge < -0.3 is 10.6 Å². The molecule has 30 heavy (non-hydrogen) atoms. The Morgan fingerprint density at radius 2 is 1.80 bits per heavy atom. The van der Waals surface area contributed by atoms with Gasteiger partial charge in [-0.1, -0.05) is 31.0 Å². The van der Waals surface area contributed by atoms with Gasteiger partial charge in [0.05, 0.1) is 17.7 Å². The minimum absolute atomic E-state index is 0.207. The molecule has 156 valence electrons. The van der Waals surface area contributed by atoms with Crippen molar-refractivity contribution in [1.29, 1.82) is 0 Å². The molecular weight excluding hydrogens is 406 g/mol. The van der Waals surface area contributed by atoms with Crippen molar-refractivity contribution in [2.75, 3.05) is 18.4 Å². The molecule has 0 saturated carbocycles. The van der Waals surface area contributed by atoms with Crippen LogP contribution in [-0.4, -0.2) is 41.6 Å². The molecule has 2 aromatic carbocycles. The Morgan fingerprint density at radius 1 is 1.07 bits per heavy atom. The number of carbonyl (C=O) groups is 4. The van der Waals surface area contributed by atoms with Crippen molar-refractivity contribution in [1.82, 2.24) is 10.2 Å². The van der Waals surface area contributed by atoms with E-state index < -0.39 is 17.7 Å². The summed E-state index contributed by atoms with van der Waals surface area (Å²) in [7, 11) is 0. The number of anilines is 1. The number of halogens is 1. The van der Waals surface area contributed by atoms with Crippen molar-refractivity contribution in [2.24, 2.45) is 0 Å². The van der Waals surface area contributed by atoms with Crippen LogP contribution in [0, 0.1) is 6.92 Å². The van der Waals surface area contributed by atoms with Crippen molar-refractivity contribution >= 4 is 40.9 Å². The number of hydrogen-bond donors (Lipinski definition) is 2. The fraction of sp³-hybridized carbons (Fsp3) is 0.273. The number of carbonyl (C=O) groups excluding carboxylic acids is 4. The second-order valence-electron chi connectivity index (χ2n) is 7.02. The van der Waals surface area contributed by atoms with Crippen LogP contribution in [-0.2, 0) is 4.79 Å². The van der Waals surface area contributed by atoms with E-state index in [9.17, 15) is 19.2 Å². The van der Waals surface area contributed by atoms with Crippen molar-refractivity contribution in [3.05, 3.63) is 63.7 Å². The van der Waals surface area contributed by atoms with Crippen LogP contribution in [0.5, 0.6) is 0 Å². The molecule has 3 rings (SSSR count). The molecule has 0 radical (unpaired) electrons. The maximum Gasteiger partial charge on any atom is 0.261 e. The van der Waals surface area contributed by atoms with Crippen LogP contribution in [0.2, 0.25) is 5.02 Å². The lowest BCUT2D eigenvalue weighted by Gasteiger charge is -2.12. The highest BCUT2D eigenvalue weighted by Gasteiger charge is 2.35. The third-order valence-electron chi connectivity index (χ3n) is 4.92. The fourth-order valence-electron chi connectivity index (χ4n) is 3.15. The molecule has 2 N–H and O–H groups in total. The molecule has 1 aliphatic heterocycles. The number of nitrogens with one attached hydrogen (secondary N) is 2. The van der Waals surface area contributed by atoms with E-state index in [1.807, 2.05) is 6.92 Å². The Balaban J connectivity index is 1.64. The van der Waals surface area contributed by atoms with Gasteiger partial charge in [-0.05, 0) is 49.2 Å². The number of rotatable bonds is 7. The second kappa shape index (κ2) is 9.09. The number of fused-ring (bicyclic) bond motifs is 1. The zero-order valence-corrected chi connectivity index (χ0v) is 17.5. The molecule has 0 atom stereocenters. The SMILES string of the molecule is CCCCN1C(=O)c2ccc(C(=O)NCC(=O)Nc3cccc(Cl)c3C)cc2C1=O. The summed E-state index contributed by atoms with van der Waals surface area (Å²) in [5, 5.41) is 5.75. The molecule has 0 aromatic heterocycles. The minimum atomic E-state index is -0.511. The van der Waals surface area contributed by atoms with Gasteiger partial charge in [-0.3, -0.25) is 24.1 Å². The number of hydrogen-bond acceptors (Lipinski definition) is 4. The average Bonchev–Trinajstić information content (AvgIpc) is 2.97. The smallest absolute Gasteiger partial charge is 0.261 e. The zero-order chi connectivity index (χ0) is 21.8. The van der Waals surface area contributed by atoms with E-state index in [0.29, 0.717) is 22.8 Å². The fourth-order valence-corrected chi connectivity index (χ4v) is 3.33. The molecule has 0 unspecified atom stereocenters. The Bertz CT molecular complexity index is 1040. The van der Waals surface area contributed by atoms with E-state index in [1.165, 1.54) is 23.1 Å². The third-order valence-corrected chi connectivity index (χ3v) is 5.33. The summed E-state index contributed by atoms with van der Waals surface area (Å²) < 4.78 is 0. The molecule has 2 aromatic rings. The molecule has 0 bridgehead atoms. The van der Waals surface area contributed by atoms with E-state index in [0.717, 1.165) is 18.4 Å². The van der Waals surface area contributed by atoms with E-state index >= 15 is 0 Å². The predicted octanol–water partition coefficient (Wildman–Crippen LogP) is 3.41. The topological polar surface area (TPSA) is 95.6 Å². The summed E-state index contributed by atoms with van der Waals surface area (Å²) in [5.74, 6) is -1.66. The van der Waals surface area contributed by atoms with E-state index in [1.54, 1.807) is 25.1 Å². The van der Waals surface area contributed by atoms with Crippen molar-refractivity contribution in [2.45, 2.75) is 26.7 Å². The van der Waals surface area contributed by atoms with Crippen molar-refractivity contribution in [3.8, 4) is 0 Å². The number of benzene rings is 2. The molecule has 8 heteroatoms. The van der Waals surface area contributed by atoms with E-state index in [4.69, 9.17) is 11.6 Å². The van der Waals surface area contributed by atoms with Gasteiger partial charge in [-0.15, -0.1) is 0 Å². The standard InChI is InChI=1S/C22H22ClN3O4/c1-3-4-10-26-21(29)15-9-8-14(11-16(15)22(26)30)20(28)24-12-19(27)25-18-7-5-6-17(23)13(18)2/h5-9,11H,3-4,10,12H2,1-2H3,(H,24,28)(H,25,27). The highest BCUT2D eigenvalue weighted by Crippen LogP contribution is 2.25. The zero-order valence-electron chi connectivity index (χ0n) is 16.8. The summed E-state index contributed by atoms with van der Waals surface area (Å²) in [6.07, 6.45) is 1.58. The largest absolute Gasteiger partial charge is 0.343 e. The quantitative estimate of drug-likeness (QED) is 0.662. The Labute approximate surface area is 179 Å². The summed E-state index contributed by atoms with van der Waals surface area (Å²) in [5.41, 5.74) is 2.01. The van der Waals surface area contributed by atoms with Crippen molar-refractivity contribution < 1.29 is 19.2 Å². The van der Waals surface area contributed by atoms with Gasteiger partial charge in [0, 0.05) is 22.8 Å². The van der Waals surface area contributed by atoms with Crippen LogP contribution in [0.1, 0.15) is 56.4 Å². The molecule has 1 heterocycles. The number of imide groups is 1. The molecule has 7 nitrogen and oxygen atoms in total. The maximum atomic E-state index is 12.5. The van der Waals surface area contributed by atoms with Crippen LogP contribution >= 0.6 is 11.6 Å². The van der Waals surface area contributed by atoms with Gasteiger partial charge in [-0.2, -0.15) is 0 Å². The van der Waals surface area contributed by atoms with Gasteiger partial charge in [0.15, 0.2) is 0 Å². The lowest BCUT2D eigenvalue weighted by atomic mass is 10.1. The molecule has 0 fully saturated rings. The molecule has 0 spiro atoms. The minimum Gasteiger partial charge on any atom is -0.343 e. The van der Waals surface area contributed by atoms with Crippen LogP contribution < -0.4 is 10.6 Å². The highest BCUT2D eigenvalue weighted by molar-refractivity contribution is 6.31. The molecule has 4 amide bonds. The van der Waals surface area contributed by atoms with E-state index in [2.05, 4.69) is 10.6 Å². The van der Waals surface area contributed by atoms with Crippen LogP contribution in [0.25, 0.3) is 0 Å². The molecular formula is C22H22ClN3O4. The van der Waals surface area contributed by atoms with Gasteiger partial charge in [-0.25, -0.2) is 0 Å². The van der Waals surface area contributed by atoms with E-state index in [-0.39, 0.29) is 23.6 Å². The second-order valence-corrected chi connectivity index (χ2v) is 7.43. The molecule has 0 saturated heterocycles. The first-order valence-corrected chi connectivity index (χ1v) is 10.0. The first kappa shape index (κ1) is 21.5. The monoisotopic (exact) mass is 427 g/mol. The van der Waals surface area contributed by atoms with Gasteiger partial charge in [0.2, 0.25) is 5.91 Å². The van der Waals surface area contributed by atoms with Crippen LogP contribution in [0.4, 0.5) is 5.69 Å². The Morgan fingerprint density at radius 3 is 2.53 bits per heavy atom. The van der Waals surface area contributed by atoms with Crippen LogP contribution in [0.15, 0.2) is 36.4 Å². The summed E-state index contributed by atoms with van der Waals surface area (Å²) in [6.45, 7) is 3.86. The average molecular weight is 428 g/mol. The molecule has 0 aliphatic carbocycles. The summed E-state index contributed by atoms with van der Waals surface area (Å²) >= 11 is 6.04. The maximum absolute atomic E-state index is 12.5. The Hall–Kier alpha value is -3.19. The normalized spacial score (nSPS) is 12.7. The van der Waals surface area contributed by atoms with Gasteiger partial charge in [0.25, 0.3) is 17.7 Å². The summed E-state index contributed by atoms with van der Waals surface area (Å²) in [4.78, 5) is 50.7. The van der Waals surface area contributed by atoms with Crippen molar-refractivity contribution in [3.63, 3.8) is 0 Å². The number of unbranched alkanes of at least 4 members (excludes halogenated alkanes) is 1. The lowest BCUT2D eigenvalue weighted by Crippen LogP contribution is -2.33. The van der Waals surface area contributed by atoms with Gasteiger partial charge in [0.1, 0.15) is 0 Å². The lowest BCUT2D eigenvalue weighted by molar-refractivity contribution is -0.115. The predicted molar refractivity (Wildman–Crippen MR) is 114 cm³/mol. The first-order valence-electron chi connectivity index (χ1n) is 9.67. The third kappa shape index (κ3) is 4.36. The number of nitrogens with zero attached hydrogens (tertiary/aromatic N) is 1. The number of amides is 4.